The van der Waals surface area contributed by atoms with Gasteiger partial charge in [-0.1, -0.05) is 249 Å². The van der Waals surface area contributed by atoms with Gasteiger partial charge in [-0.3, -0.25) is 13.7 Å². The predicted molar refractivity (Wildman–Crippen MR) is 559 cm³/mol. The number of benzene rings is 15. The fraction of sp³-hybridized carbons (Fsp3) is 0.112. The molecule has 0 aliphatic heterocycles. The van der Waals surface area contributed by atoms with E-state index >= 15 is 0 Å². The third-order valence-corrected chi connectivity index (χ3v) is 28.9. The molecule has 0 aliphatic rings. The van der Waals surface area contributed by atoms with Gasteiger partial charge in [0.15, 0.2) is 0 Å². The summed E-state index contributed by atoms with van der Waals surface area (Å²) < 4.78 is 270. The first-order valence-electron chi connectivity index (χ1n) is 44.6. The van der Waals surface area contributed by atoms with Crippen LogP contribution >= 0.6 is 0 Å². The molecule has 0 atom stereocenters. The Morgan fingerprint density at radius 2 is 0.438 bits per heavy atom. The molecule has 20 aromatic rings. The van der Waals surface area contributed by atoms with E-state index in [9.17, 15) is 94.7 Å². The average molecular weight is 2110 g/mol. The Kier molecular flexibility index (Phi) is 31.3. The molecular formula is C107H84N5O26S8-5. The molecule has 0 unspecified atom stereocenters. The molecule has 746 valence electrons. The molecule has 3 N–H and O–H groups in total. The van der Waals surface area contributed by atoms with Crippen LogP contribution in [-0.2, 0) is 115 Å². The summed E-state index contributed by atoms with van der Waals surface area (Å²) >= 11 is 0. The van der Waals surface area contributed by atoms with E-state index in [2.05, 4.69) is 18.2 Å². The molecule has 20 rings (SSSR count). The van der Waals surface area contributed by atoms with Crippen molar-refractivity contribution in [3.05, 3.63) is 379 Å². The van der Waals surface area contributed by atoms with Crippen LogP contribution in [0.3, 0.4) is 0 Å². The van der Waals surface area contributed by atoms with E-state index in [0.717, 1.165) is 104 Å². The standard InChI is InChI=1S/2C22H19NO4S.3C21H17NO6S2/c24-28(25,26)15-5-14-27-17-12-10-16(11-13-17)22-20-8-2-1-6-18(20)19-7-3-4-9-21(19)23-22;24-28(25,26)14-6-13-27-17-11-12-19-20(15-17)18-9-4-5-10-21(18)23-22(19)16-7-2-1-3-8-16;23-29(24,25)12-14-5-8-16(9-6-14)21-19-11-15(13-30(26,27)28)7-10-17(19)18-3-1-2-4-20(18)22-21;23-29(24,25)12-14-5-8-16(9-6-14)21-18-10-7-15(13-30(26,27)28)11-19(18)17-3-1-2-4-20(17)22-21;23-29(24,25)12-14-6-8-17-18(10-14)19-11-15(13-30(26,27)28)7-9-20(19)22-21(17)16-4-2-1-3-5-16/h1-4,6-13H,5,14-15H2,(H,24,25,26);1-5,7-12,15H,6,13-14H2,(H,24,25,26);3*1-11H,12-13H2,(H,23,24,25)(H,26,27,28)/p-5. The van der Waals surface area contributed by atoms with Crippen LogP contribution in [0.2, 0.25) is 0 Å². The minimum atomic E-state index is -4.48. The second-order valence-corrected chi connectivity index (χ2v) is 45.6. The van der Waals surface area contributed by atoms with E-state index in [1.165, 1.54) is 6.07 Å². The molecule has 5 heterocycles. The summed E-state index contributed by atoms with van der Waals surface area (Å²) in [5, 5.41) is 13.1. The highest BCUT2D eigenvalue weighted by atomic mass is 32.2. The monoisotopic (exact) mass is 2110 g/mol. The maximum absolute atomic E-state index is 11.3. The van der Waals surface area contributed by atoms with Crippen LogP contribution in [-0.4, -0.2) is 153 Å². The maximum atomic E-state index is 11.3. The van der Waals surface area contributed by atoms with Crippen molar-refractivity contribution in [3.63, 3.8) is 0 Å². The van der Waals surface area contributed by atoms with Gasteiger partial charge in [0.25, 0.3) is 30.4 Å². The summed E-state index contributed by atoms with van der Waals surface area (Å²) in [5.41, 5.74) is 13.9. The number of ether oxygens (including phenoxy) is 2. The Morgan fingerprint density at radius 3 is 0.815 bits per heavy atom. The summed E-state index contributed by atoms with van der Waals surface area (Å²) in [6.45, 7) is 0.427. The number of para-hydroxylation sites is 4. The molecule has 0 saturated carbocycles. The van der Waals surface area contributed by atoms with Gasteiger partial charge in [0.2, 0.25) is 0 Å². The van der Waals surface area contributed by atoms with Crippen LogP contribution in [0.4, 0.5) is 0 Å². The lowest BCUT2D eigenvalue weighted by atomic mass is 9.98. The van der Waals surface area contributed by atoms with Crippen molar-refractivity contribution in [2.24, 2.45) is 0 Å². The normalized spacial score (nSPS) is 12.2. The zero-order valence-corrected chi connectivity index (χ0v) is 83.2. The second-order valence-electron chi connectivity index (χ2n) is 34.0. The summed E-state index contributed by atoms with van der Waals surface area (Å²) in [4.78, 5) is 23.9. The van der Waals surface area contributed by atoms with Gasteiger partial charge < -0.3 is 32.2 Å². The molecule has 5 aromatic heterocycles. The fourth-order valence-electron chi connectivity index (χ4n) is 17.0. The van der Waals surface area contributed by atoms with Gasteiger partial charge in [-0.25, -0.2) is 67.0 Å². The number of rotatable bonds is 27. The van der Waals surface area contributed by atoms with E-state index < -0.39 is 115 Å². The zero-order chi connectivity index (χ0) is 104. The smallest absolute Gasteiger partial charge is 0.269 e. The number of hydrogen-bond donors (Lipinski definition) is 3. The Bertz CT molecular complexity index is 9430. The number of aromatic nitrogens is 5. The van der Waals surface area contributed by atoms with E-state index in [4.69, 9.17) is 43.5 Å². The van der Waals surface area contributed by atoms with Crippen molar-refractivity contribution in [1.82, 2.24) is 24.9 Å². The first-order valence-corrected chi connectivity index (χ1v) is 57.3. The van der Waals surface area contributed by atoms with Crippen molar-refractivity contribution in [2.45, 2.75) is 47.4 Å². The molecule has 146 heavy (non-hydrogen) atoms. The molecule has 0 saturated heterocycles. The third kappa shape index (κ3) is 27.8. The van der Waals surface area contributed by atoms with E-state index in [-0.39, 0.29) is 37.6 Å². The molecule has 31 nitrogen and oxygen atoms in total. The van der Waals surface area contributed by atoms with Crippen LogP contribution in [0.5, 0.6) is 11.5 Å². The Balaban J connectivity index is 0.000000131. The van der Waals surface area contributed by atoms with Crippen LogP contribution in [0.15, 0.2) is 346 Å². The van der Waals surface area contributed by atoms with Crippen LogP contribution in [0.25, 0.3) is 165 Å². The summed E-state index contributed by atoms with van der Waals surface area (Å²) in [5.74, 6) is -2.97. The lowest BCUT2D eigenvalue weighted by Gasteiger charge is -2.14. The Labute approximate surface area is 840 Å². The molecule has 0 spiro atoms. The lowest BCUT2D eigenvalue weighted by molar-refractivity contribution is 0.316. The Morgan fingerprint density at radius 1 is 0.199 bits per heavy atom. The fourth-order valence-corrected chi connectivity index (χ4v) is 21.5. The third-order valence-electron chi connectivity index (χ3n) is 23.1. The molecular weight excluding hydrogens is 2030 g/mol. The van der Waals surface area contributed by atoms with Gasteiger partial charge in [0.1, 0.15) is 17.3 Å². The van der Waals surface area contributed by atoms with Gasteiger partial charge >= 0.3 is 0 Å². The summed E-state index contributed by atoms with van der Waals surface area (Å²) in [7, 11) is -34.3. The van der Waals surface area contributed by atoms with Crippen molar-refractivity contribution in [3.8, 4) is 67.8 Å². The molecule has 0 aliphatic carbocycles. The highest BCUT2D eigenvalue weighted by Crippen LogP contribution is 2.41. The van der Waals surface area contributed by atoms with Gasteiger partial charge in [-0.05, 0) is 170 Å². The highest BCUT2D eigenvalue weighted by Gasteiger charge is 2.21. The minimum Gasteiger partial charge on any atom is -0.748 e. The molecule has 15 aromatic carbocycles. The number of pyridine rings is 5. The van der Waals surface area contributed by atoms with E-state index in [1.54, 1.807) is 115 Å². The predicted octanol–water partition coefficient (Wildman–Crippen LogP) is 19.2. The van der Waals surface area contributed by atoms with Crippen molar-refractivity contribution in [1.29, 1.82) is 0 Å². The minimum absolute atomic E-state index is 0.208. The molecule has 0 amide bonds. The van der Waals surface area contributed by atoms with Gasteiger partial charge in [0, 0.05) is 81.7 Å². The Hall–Kier alpha value is -14.5. The topological polar surface area (TPSA) is 532 Å². The quantitative estimate of drug-likeness (QED) is 0.0244. The highest BCUT2D eigenvalue weighted by molar-refractivity contribution is 7.86. The molecule has 39 heteroatoms. The largest absolute Gasteiger partial charge is 0.748 e. The van der Waals surface area contributed by atoms with Gasteiger partial charge in [-0.2, -0.15) is 25.3 Å². The number of hydrogen-bond acceptors (Lipinski definition) is 28. The average Bonchev–Trinajstić information content (AvgIpc) is 0.768. The summed E-state index contributed by atoms with van der Waals surface area (Å²) in [6, 6.07) is 105. The summed E-state index contributed by atoms with van der Waals surface area (Å²) in [6.07, 6.45) is 0.459. The van der Waals surface area contributed by atoms with Crippen LogP contribution in [0, 0.1) is 0 Å². The number of nitrogens with zero attached hydrogens (tertiary/aromatic N) is 5. The van der Waals surface area contributed by atoms with Gasteiger partial charge in [0.05, 0.1) is 160 Å². The van der Waals surface area contributed by atoms with Crippen LogP contribution in [0.1, 0.15) is 46.2 Å². The zero-order valence-electron chi connectivity index (χ0n) is 76.6. The maximum Gasteiger partial charge on any atom is 0.269 e. The van der Waals surface area contributed by atoms with E-state index in [1.807, 2.05) is 206 Å². The van der Waals surface area contributed by atoms with Gasteiger partial charge in [-0.15, -0.1) is 0 Å². The second kappa shape index (κ2) is 43.8. The molecule has 0 bridgehead atoms. The number of fused-ring (bicyclic) bond motifs is 15. The van der Waals surface area contributed by atoms with Crippen molar-refractivity contribution >= 4 is 189 Å². The first kappa shape index (κ1) is 104. The van der Waals surface area contributed by atoms with Crippen molar-refractivity contribution < 1.29 is 113 Å². The lowest BCUT2D eigenvalue weighted by Crippen LogP contribution is -2.08. The van der Waals surface area contributed by atoms with Crippen LogP contribution < -0.4 is 9.47 Å². The molecule has 0 fully saturated rings. The van der Waals surface area contributed by atoms with Crippen molar-refractivity contribution in [2.75, 3.05) is 24.7 Å². The van der Waals surface area contributed by atoms with E-state index in [0.29, 0.717) is 106 Å². The molecule has 0 radical (unpaired) electrons. The SMILES string of the molecule is O=S(=O)(O)CCCOc1ccc(-c2nc3ccccc3c3ccccc23)cc1.O=S(=O)(O)CCCOc1ccc2c(-c3ccccc3)nc3ccccc3c2c1.O=S(=O)([O-])Cc1ccc(-c2nc3ccccc3c3cc(CS(=O)(=O)[O-])ccc23)cc1.O=S(=O)([O-])Cc1ccc(-c2nc3ccccc3c3ccc(CS(=O)(=O)O)cc23)cc1.O=S(=O)([O-])Cc1ccc2nc(-c3ccccc3)c3ccc(CS(=O)(=O)[O-])cc3c2c1. The first-order chi connectivity index (χ1) is 69.3.